The van der Waals surface area contributed by atoms with Gasteiger partial charge in [-0.1, -0.05) is 5.92 Å². The van der Waals surface area contributed by atoms with Gasteiger partial charge >= 0.3 is 0 Å². The lowest BCUT2D eigenvalue weighted by atomic mass is 10.3. The summed E-state index contributed by atoms with van der Waals surface area (Å²) in [6, 6.07) is 5.31. The Kier molecular flexibility index (Phi) is 5.53. The van der Waals surface area contributed by atoms with Crippen molar-refractivity contribution >= 4 is 27.5 Å². The molecule has 0 unspecified atom stereocenters. The Morgan fingerprint density at radius 2 is 2.35 bits per heavy atom. The standard InChI is InChI=1S/C12H13BrN2O2/c1-3-6-14-8-12(16)15-9-4-5-11(17-2)10(13)7-9/h1,4-5,7,14H,6,8H2,2H3,(H,15,16). The van der Waals surface area contributed by atoms with Crippen molar-refractivity contribution in [3.63, 3.8) is 0 Å². The molecular weight excluding hydrogens is 284 g/mol. The minimum Gasteiger partial charge on any atom is -0.496 e. The highest BCUT2D eigenvalue weighted by atomic mass is 79.9. The molecule has 0 bridgehead atoms. The fourth-order valence-electron chi connectivity index (χ4n) is 1.20. The second-order valence-electron chi connectivity index (χ2n) is 3.21. The van der Waals surface area contributed by atoms with E-state index in [4.69, 9.17) is 11.2 Å². The first-order valence-electron chi connectivity index (χ1n) is 4.95. The number of ether oxygens (including phenoxy) is 1. The maximum absolute atomic E-state index is 11.5. The zero-order chi connectivity index (χ0) is 12.7. The molecule has 1 aromatic rings. The molecule has 0 aliphatic heterocycles. The molecule has 0 heterocycles. The third kappa shape index (κ3) is 4.47. The minimum atomic E-state index is -0.141. The van der Waals surface area contributed by atoms with Gasteiger partial charge in [0, 0.05) is 5.69 Å². The topological polar surface area (TPSA) is 50.4 Å². The zero-order valence-electron chi connectivity index (χ0n) is 9.42. The predicted molar refractivity (Wildman–Crippen MR) is 71.0 cm³/mol. The molecule has 0 atom stereocenters. The molecule has 5 heteroatoms. The first-order valence-corrected chi connectivity index (χ1v) is 5.74. The van der Waals surface area contributed by atoms with Crippen molar-refractivity contribution in [2.45, 2.75) is 0 Å². The summed E-state index contributed by atoms with van der Waals surface area (Å²) in [4.78, 5) is 11.5. The largest absolute Gasteiger partial charge is 0.496 e. The Morgan fingerprint density at radius 3 is 2.94 bits per heavy atom. The van der Waals surface area contributed by atoms with Crippen LogP contribution >= 0.6 is 15.9 Å². The number of hydrogen-bond acceptors (Lipinski definition) is 3. The predicted octanol–water partition coefficient (Wildman–Crippen LogP) is 1.62. The lowest BCUT2D eigenvalue weighted by Gasteiger charge is -2.08. The van der Waals surface area contributed by atoms with Crippen LogP contribution in [0.1, 0.15) is 0 Å². The van der Waals surface area contributed by atoms with Crippen molar-refractivity contribution < 1.29 is 9.53 Å². The highest BCUT2D eigenvalue weighted by molar-refractivity contribution is 9.10. The Hall–Kier alpha value is -1.51. The zero-order valence-corrected chi connectivity index (χ0v) is 11.0. The molecule has 0 spiro atoms. The van der Waals surface area contributed by atoms with E-state index in [-0.39, 0.29) is 12.5 Å². The number of benzene rings is 1. The van der Waals surface area contributed by atoms with E-state index in [2.05, 4.69) is 32.5 Å². The Morgan fingerprint density at radius 1 is 1.59 bits per heavy atom. The highest BCUT2D eigenvalue weighted by Crippen LogP contribution is 2.27. The lowest BCUT2D eigenvalue weighted by molar-refractivity contribution is -0.115. The summed E-state index contributed by atoms with van der Waals surface area (Å²) in [6.45, 7) is 0.563. The van der Waals surface area contributed by atoms with Gasteiger partial charge in [-0.05, 0) is 34.1 Å². The number of anilines is 1. The van der Waals surface area contributed by atoms with Crippen molar-refractivity contribution in [2.75, 3.05) is 25.5 Å². The van der Waals surface area contributed by atoms with Gasteiger partial charge in [-0.2, -0.15) is 0 Å². The summed E-state index contributed by atoms with van der Waals surface area (Å²) in [6.07, 6.45) is 5.05. The van der Waals surface area contributed by atoms with Crippen molar-refractivity contribution in [1.82, 2.24) is 5.32 Å². The van der Waals surface area contributed by atoms with Crippen LogP contribution in [0.15, 0.2) is 22.7 Å². The summed E-state index contributed by atoms with van der Waals surface area (Å²) in [5.74, 6) is 2.97. The smallest absolute Gasteiger partial charge is 0.238 e. The van der Waals surface area contributed by atoms with Gasteiger partial charge in [0.05, 0.1) is 24.7 Å². The van der Waals surface area contributed by atoms with Gasteiger partial charge in [0.25, 0.3) is 0 Å². The molecule has 0 aliphatic carbocycles. The molecule has 1 rings (SSSR count). The molecule has 0 saturated heterocycles. The number of amides is 1. The molecule has 1 aromatic carbocycles. The van der Waals surface area contributed by atoms with E-state index in [1.165, 1.54) is 0 Å². The number of nitrogens with one attached hydrogen (secondary N) is 2. The van der Waals surface area contributed by atoms with Crippen LogP contribution in [0.5, 0.6) is 5.75 Å². The Balaban J connectivity index is 2.54. The highest BCUT2D eigenvalue weighted by Gasteiger charge is 2.04. The fourth-order valence-corrected chi connectivity index (χ4v) is 1.74. The summed E-state index contributed by atoms with van der Waals surface area (Å²) < 4.78 is 5.88. The van der Waals surface area contributed by atoms with Crippen LogP contribution in [0.4, 0.5) is 5.69 Å². The van der Waals surface area contributed by atoms with Gasteiger partial charge in [-0.25, -0.2) is 0 Å². The summed E-state index contributed by atoms with van der Waals surface area (Å²) in [5, 5.41) is 5.55. The molecule has 90 valence electrons. The number of hydrogen-bond donors (Lipinski definition) is 2. The van der Waals surface area contributed by atoms with Crippen LogP contribution in [0.2, 0.25) is 0 Å². The molecule has 2 N–H and O–H groups in total. The minimum absolute atomic E-state index is 0.141. The van der Waals surface area contributed by atoms with E-state index in [9.17, 15) is 4.79 Å². The summed E-state index contributed by atoms with van der Waals surface area (Å²) in [5.41, 5.74) is 0.699. The number of methoxy groups -OCH3 is 1. The number of terminal acetylenes is 1. The van der Waals surface area contributed by atoms with Crippen LogP contribution in [0.3, 0.4) is 0 Å². The Labute approximate surface area is 109 Å². The Bertz CT molecular complexity index is 441. The quantitative estimate of drug-likeness (QED) is 0.641. The molecular formula is C12H13BrN2O2. The number of carbonyl (C=O) groups is 1. The van der Waals surface area contributed by atoms with Gasteiger partial charge in [0.1, 0.15) is 5.75 Å². The molecule has 0 saturated carbocycles. The second-order valence-corrected chi connectivity index (χ2v) is 4.06. The van der Waals surface area contributed by atoms with Crippen LogP contribution in [-0.2, 0) is 4.79 Å². The number of carbonyl (C=O) groups excluding carboxylic acids is 1. The average molecular weight is 297 g/mol. The van der Waals surface area contributed by atoms with Gasteiger partial charge in [0.15, 0.2) is 0 Å². The van der Waals surface area contributed by atoms with Crippen LogP contribution in [-0.4, -0.2) is 26.1 Å². The van der Waals surface area contributed by atoms with Crippen LogP contribution < -0.4 is 15.4 Å². The maximum atomic E-state index is 11.5. The molecule has 0 fully saturated rings. The van der Waals surface area contributed by atoms with Gasteiger partial charge in [-0.3, -0.25) is 10.1 Å². The van der Waals surface area contributed by atoms with Crippen molar-refractivity contribution in [2.24, 2.45) is 0 Å². The first kappa shape index (κ1) is 13.6. The second kappa shape index (κ2) is 6.94. The van der Waals surface area contributed by atoms with Crippen LogP contribution in [0, 0.1) is 12.3 Å². The summed E-state index contributed by atoms with van der Waals surface area (Å²) in [7, 11) is 1.59. The van der Waals surface area contributed by atoms with E-state index in [1.54, 1.807) is 25.3 Å². The number of halogens is 1. The van der Waals surface area contributed by atoms with E-state index in [1.807, 2.05) is 0 Å². The SMILES string of the molecule is C#CCNCC(=O)Nc1ccc(OC)c(Br)c1. The average Bonchev–Trinajstić information content (AvgIpc) is 2.29. The van der Waals surface area contributed by atoms with Gasteiger partial charge < -0.3 is 10.1 Å². The lowest BCUT2D eigenvalue weighted by Crippen LogP contribution is -2.28. The normalized spacial score (nSPS) is 9.47. The van der Waals surface area contributed by atoms with Crippen molar-refractivity contribution in [3.8, 4) is 18.1 Å². The molecule has 0 aliphatic rings. The molecule has 1 amide bonds. The van der Waals surface area contributed by atoms with E-state index >= 15 is 0 Å². The molecule has 17 heavy (non-hydrogen) atoms. The monoisotopic (exact) mass is 296 g/mol. The summed E-state index contributed by atoms with van der Waals surface area (Å²) >= 11 is 3.34. The van der Waals surface area contributed by atoms with Crippen molar-refractivity contribution in [3.05, 3.63) is 22.7 Å². The third-order valence-electron chi connectivity index (χ3n) is 1.95. The van der Waals surface area contributed by atoms with Crippen molar-refractivity contribution in [1.29, 1.82) is 0 Å². The first-order chi connectivity index (χ1) is 8.17. The molecule has 0 aromatic heterocycles. The number of rotatable bonds is 5. The van der Waals surface area contributed by atoms with Gasteiger partial charge in [0.2, 0.25) is 5.91 Å². The van der Waals surface area contributed by atoms with E-state index < -0.39 is 0 Å². The van der Waals surface area contributed by atoms with Crippen LogP contribution in [0.25, 0.3) is 0 Å². The third-order valence-corrected chi connectivity index (χ3v) is 2.57. The fraction of sp³-hybridized carbons (Fsp3) is 0.250. The maximum Gasteiger partial charge on any atom is 0.238 e. The molecule has 0 radical (unpaired) electrons. The molecule has 4 nitrogen and oxygen atoms in total. The van der Waals surface area contributed by atoms with E-state index in [0.29, 0.717) is 18.0 Å². The van der Waals surface area contributed by atoms with E-state index in [0.717, 1.165) is 4.47 Å². The van der Waals surface area contributed by atoms with Gasteiger partial charge in [-0.15, -0.1) is 6.42 Å².